The second-order valence-corrected chi connectivity index (χ2v) is 8.30. The molecule has 180 valence electrons. The fourth-order valence-corrected chi connectivity index (χ4v) is 4.38. The average Bonchev–Trinajstić information content (AvgIpc) is 2.88. The lowest BCUT2D eigenvalue weighted by atomic mass is 10.2. The molecule has 0 atom stereocenters. The molecule has 0 radical (unpaired) electrons. The molecule has 4 aromatic rings. The smallest absolute Gasteiger partial charge is 0.266 e. The van der Waals surface area contributed by atoms with Crippen molar-refractivity contribution in [1.82, 2.24) is 9.55 Å². The fourth-order valence-electron chi connectivity index (χ4n) is 3.57. The minimum Gasteiger partial charge on any atom is -0.493 e. The zero-order valence-electron chi connectivity index (χ0n) is 19.6. The second-order valence-electron chi connectivity index (χ2n) is 7.36. The number of rotatable bonds is 9. The summed E-state index contributed by atoms with van der Waals surface area (Å²) in [5.74, 6) is 1.41. The molecule has 1 amide bonds. The number of fused-ring (bicyclic) bond motifs is 1. The van der Waals surface area contributed by atoms with Crippen LogP contribution in [0.2, 0.25) is 0 Å². The molecular formula is C26H25N3O5S. The van der Waals surface area contributed by atoms with Gasteiger partial charge in [0, 0.05) is 6.07 Å². The zero-order valence-corrected chi connectivity index (χ0v) is 20.4. The summed E-state index contributed by atoms with van der Waals surface area (Å²) in [5.41, 5.74) is 1.45. The van der Waals surface area contributed by atoms with Crippen molar-refractivity contribution in [3.05, 3.63) is 77.1 Å². The lowest BCUT2D eigenvalue weighted by molar-refractivity contribution is -0.113. The molecule has 0 aliphatic heterocycles. The number of hydrogen-bond donors (Lipinski definition) is 1. The van der Waals surface area contributed by atoms with Crippen LogP contribution in [0.1, 0.15) is 6.92 Å². The van der Waals surface area contributed by atoms with E-state index in [2.05, 4.69) is 10.3 Å². The quantitative estimate of drug-likeness (QED) is 0.272. The van der Waals surface area contributed by atoms with Crippen molar-refractivity contribution in [1.29, 1.82) is 0 Å². The first-order valence-electron chi connectivity index (χ1n) is 10.9. The van der Waals surface area contributed by atoms with Crippen LogP contribution in [0.3, 0.4) is 0 Å². The molecule has 1 N–H and O–H groups in total. The van der Waals surface area contributed by atoms with E-state index >= 15 is 0 Å². The number of amides is 1. The maximum absolute atomic E-state index is 13.5. The van der Waals surface area contributed by atoms with E-state index in [1.54, 1.807) is 55.6 Å². The summed E-state index contributed by atoms with van der Waals surface area (Å²) in [6.07, 6.45) is 0. The van der Waals surface area contributed by atoms with E-state index in [4.69, 9.17) is 14.2 Å². The Morgan fingerprint density at radius 1 is 0.971 bits per heavy atom. The summed E-state index contributed by atoms with van der Waals surface area (Å²) in [6.45, 7) is 2.37. The number of carbonyl (C=O) groups is 1. The number of para-hydroxylation sites is 3. The summed E-state index contributed by atoms with van der Waals surface area (Å²) in [6, 6.07) is 19.5. The summed E-state index contributed by atoms with van der Waals surface area (Å²) in [5, 5.41) is 3.73. The predicted molar refractivity (Wildman–Crippen MR) is 137 cm³/mol. The maximum atomic E-state index is 13.5. The molecule has 0 saturated carbocycles. The number of methoxy groups -OCH3 is 2. The van der Waals surface area contributed by atoms with Gasteiger partial charge in [0.05, 0.1) is 48.9 Å². The van der Waals surface area contributed by atoms with Crippen LogP contribution in [0.25, 0.3) is 16.6 Å². The molecule has 8 nitrogen and oxygen atoms in total. The molecule has 0 aliphatic carbocycles. The molecule has 3 aromatic carbocycles. The Morgan fingerprint density at radius 3 is 2.49 bits per heavy atom. The normalized spacial score (nSPS) is 10.7. The topological polar surface area (TPSA) is 91.7 Å². The van der Waals surface area contributed by atoms with Gasteiger partial charge in [0.2, 0.25) is 5.91 Å². The van der Waals surface area contributed by atoms with Crippen molar-refractivity contribution < 1.29 is 19.0 Å². The van der Waals surface area contributed by atoms with Crippen LogP contribution < -0.4 is 25.1 Å². The Bertz CT molecular complexity index is 1420. The number of benzene rings is 3. The van der Waals surface area contributed by atoms with Crippen LogP contribution in [0.5, 0.6) is 17.2 Å². The van der Waals surface area contributed by atoms with Gasteiger partial charge in [-0.05, 0) is 43.3 Å². The standard InChI is InChI=1S/C26H25N3O5S/c1-4-34-21-12-8-7-11-20(21)27-24(30)16-35-26-28-19-10-6-5-9-18(19)25(31)29(26)17-13-14-22(32-2)23(15-17)33-3/h5-15H,4,16H2,1-3H3,(H,27,30). The molecule has 0 saturated heterocycles. The Morgan fingerprint density at radius 2 is 1.71 bits per heavy atom. The lowest BCUT2D eigenvalue weighted by Gasteiger charge is -2.15. The highest BCUT2D eigenvalue weighted by Gasteiger charge is 2.17. The fraction of sp³-hybridized carbons (Fsp3) is 0.192. The molecule has 35 heavy (non-hydrogen) atoms. The summed E-state index contributed by atoms with van der Waals surface area (Å²) < 4.78 is 17.8. The maximum Gasteiger partial charge on any atom is 0.266 e. The first-order chi connectivity index (χ1) is 17.0. The van der Waals surface area contributed by atoms with E-state index in [9.17, 15) is 9.59 Å². The minimum absolute atomic E-state index is 0.0402. The molecule has 0 bridgehead atoms. The van der Waals surface area contributed by atoms with E-state index in [1.165, 1.54) is 23.4 Å². The van der Waals surface area contributed by atoms with Crippen molar-refractivity contribution in [3.8, 4) is 22.9 Å². The van der Waals surface area contributed by atoms with Crippen LogP contribution in [-0.4, -0.2) is 42.0 Å². The molecule has 9 heteroatoms. The number of ether oxygens (including phenoxy) is 3. The first-order valence-corrected chi connectivity index (χ1v) is 11.9. The van der Waals surface area contributed by atoms with Gasteiger partial charge in [0.25, 0.3) is 5.56 Å². The molecule has 0 fully saturated rings. The summed E-state index contributed by atoms with van der Waals surface area (Å²) in [4.78, 5) is 30.9. The van der Waals surface area contributed by atoms with Crippen LogP contribution in [0, 0.1) is 0 Å². The summed E-state index contributed by atoms with van der Waals surface area (Å²) in [7, 11) is 3.08. The highest BCUT2D eigenvalue weighted by atomic mass is 32.2. The van der Waals surface area contributed by atoms with Crippen molar-refractivity contribution >= 4 is 34.3 Å². The predicted octanol–water partition coefficient (Wildman–Crippen LogP) is 4.53. The number of hydrogen-bond acceptors (Lipinski definition) is 7. The van der Waals surface area contributed by atoms with Gasteiger partial charge in [-0.1, -0.05) is 36.0 Å². The third kappa shape index (κ3) is 5.25. The van der Waals surface area contributed by atoms with Crippen LogP contribution >= 0.6 is 11.8 Å². The molecule has 1 aromatic heterocycles. The van der Waals surface area contributed by atoms with Crippen LogP contribution in [-0.2, 0) is 4.79 Å². The van der Waals surface area contributed by atoms with E-state index in [-0.39, 0.29) is 17.2 Å². The average molecular weight is 492 g/mol. The molecule has 0 spiro atoms. The van der Waals surface area contributed by atoms with Crippen LogP contribution in [0.15, 0.2) is 76.7 Å². The second kappa shape index (κ2) is 11.0. The van der Waals surface area contributed by atoms with Gasteiger partial charge in [-0.3, -0.25) is 14.2 Å². The van der Waals surface area contributed by atoms with E-state index < -0.39 is 0 Å². The lowest BCUT2D eigenvalue weighted by Crippen LogP contribution is -2.23. The number of carbonyl (C=O) groups excluding carboxylic acids is 1. The SMILES string of the molecule is CCOc1ccccc1NC(=O)CSc1nc2ccccc2c(=O)n1-c1ccc(OC)c(OC)c1. The number of nitrogens with zero attached hydrogens (tertiary/aromatic N) is 2. The monoisotopic (exact) mass is 491 g/mol. The van der Waals surface area contributed by atoms with Crippen molar-refractivity contribution in [2.24, 2.45) is 0 Å². The van der Waals surface area contributed by atoms with Gasteiger partial charge >= 0.3 is 0 Å². The summed E-state index contributed by atoms with van der Waals surface area (Å²) >= 11 is 1.17. The molecule has 0 unspecified atom stereocenters. The molecule has 0 aliphatic rings. The third-order valence-corrected chi connectivity index (χ3v) is 6.10. The van der Waals surface area contributed by atoms with Gasteiger partial charge < -0.3 is 19.5 Å². The van der Waals surface area contributed by atoms with Gasteiger partial charge in [0.1, 0.15) is 5.75 Å². The largest absolute Gasteiger partial charge is 0.493 e. The first kappa shape index (κ1) is 24.2. The molecule has 1 heterocycles. The number of nitrogens with one attached hydrogen (secondary N) is 1. The van der Waals surface area contributed by atoms with E-state index in [0.29, 0.717) is 51.3 Å². The van der Waals surface area contributed by atoms with E-state index in [0.717, 1.165) is 0 Å². The highest BCUT2D eigenvalue weighted by Crippen LogP contribution is 2.31. The van der Waals surface area contributed by atoms with E-state index in [1.807, 2.05) is 25.1 Å². The Hall–Kier alpha value is -3.98. The van der Waals surface area contributed by atoms with Gasteiger partial charge in [-0.2, -0.15) is 0 Å². The highest BCUT2D eigenvalue weighted by molar-refractivity contribution is 7.99. The van der Waals surface area contributed by atoms with Gasteiger partial charge in [0.15, 0.2) is 16.7 Å². The van der Waals surface area contributed by atoms with Crippen molar-refractivity contribution in [2.75, 3.05) is 31.9 Å². The van der Waals surface area contributed by atoms with Gasteiger partial charge in [-0.25, -0.2) is 4.98 Å². The number of thioether (sulfide) groups is 1. The third-order valence-electron chi connectivity index (χ3n) is 5.16. The minimum atomic E-state index is -0.247. The number of aromatic nitrogens is 2. The Labute approximate surface area is 206 Å². The molecule has 4 rings (SSSR count). The van der Waals surface area contributed by atoms with Crippen molar-refractivity contribution in [2.45, 2.75) is 12.1 Å². The van der Waals surface area contributed by atoms with Crippen LogP contribution in [0.4, 0.5) is 5.69 Å². The Kier molecular flexibility index (Phi) is 7.57. The number of anilines is 1. The Balaban J connectivity index is 1.68. The molecular weight excluding hydrogens is 466 g/mol. The van der Waals surface area contributed by atoms with Gasteiger partial charge in [-0.15, -0.1) is 0 Å². The van der Waals surface area contributed by atoms with Crippen molar-refractivity contribution in [3.63, 3.8) is 0 Å². The zero-order chi connectivity index (χ0) is 24.8.